The van der Waals surface area contributed by atoms with Gasteiger partial charge in [-0.3, -0.25) is 4.98 Å². The molecule has 3 rings (SSSR count). The highest BCUT2D eigenvalue weighted by Crippen LogP contribution is 2.31. The molecule has 0 bridgehead atoms. The molecular weight excluding hydrogens is 419 g/mol. The van der Waals surface area contributed by atoms with E-state index in [1.54, 1.807) is 18.2 Å². The standard InChI is InChI=1S/C16H12F3N3O4S2/c17-16(18,19)12-6-8-13(9-7-12)27(23,24)22(20)28(25,26)14-5-1-3-11-4-2-10-21-15(11)14/h1-10H,20H2. The molecule has 12 heteroatoms. The number of nitrogens with zero attached hydrogens (tertiary/aromatic N) is 2. The Hall–Kier alpha value is -2.54. The summed E-state index contributed by atoms with van der Waals surface area (Å²) >= 11 is 0. The van der Waals surface area contributed by atoms with Crippen molar-refractivity contribution < 1.29 is 30.0 Å². The molecule has 148 valence electrons. The molecule has 0 atom stereocenters. The van der Waals surface area contributed by atoms with Crippen LogP contribution in [0.4, 0.5) is 13.2 Å². The maximum Gasteiger partial charge on any atom is 0.416 e. The van der Waals surface area contributed by atoms with Crippen molar-refractivity contribution in [2.75, 3.05) is 0 Å². The Kier molecular flexibility index (Phi) is 4.91. The van der Waals surface area contributed by atoms with E-state index in [1.807, 2.05) is 0 Å². The molecule has 0 saturated heterocycles. The molecule has 0 radical (unpaired) electrons. The van der Waals surface area contributed by atoms with Crippen molar-refractivity contribution in [1.29, 1.82) is 0 Å². The minimum atomic E-state index is -4.85. The average molecular weight is 431 g/mol. The number of aromatic nitrogens is 1. The molecule has 1 heterocycles. The molecular formula is C16H12F3N3O4S2. The van der Waals surface area contributed by atoms with Crippen molar-refractivity contribution in [2.24, 2.45) is 5.84 Å². The smallest absolute Gasteiger partial charge is 0.255 e. The Morgan fingerprint density at radius 1 is 0.857 bits per heavy atom. The van der Waals surface area contributed by atoms with Crippen LogP contribution in [0, 0.1) is 0 Å². The van der Waals surface area contributed by atoms with E-state index >= 15 is 0 Å². The van der Waals surface area contributed by atoms with E-state index in [-0.39, 0.29) is 9.34 Å². The minimum absolute atomic E-state index is 0.00284. The fraction of sp³-hybridized carbons (Fsp3) is 0.0625. The van der Waals surface area contributed by atoms with Crippen LogP contribution in [0.2, 0.25) is 0 Å². The van der Waals surface area contributed by atoms with Gasteiger partial charge in [0.05, 0.1) is 16.0 Å². The first-order chi connectivity index (χ1) is 13.0. The molecule has 0 spiro atoms. The lowest BCUT2D eigenvalue weighted by atomic mass is 10.2. The van der Waals surface area contributed by atoms with Crippen LogP contribution in [0.15, 0.2) is 70.6 Å². The second-order valence-corrected chi connectivity index (χ2v) is 9.42. The summed E-state index contributed by atoms with van der Waals surface area (Å²) in [6.07, 6.45) is -3.35. The van der Waals surface area contributed by atoms with E-state index < -0.39 is 41.6 Å². The number of hydrogen-bond donors (Lipinski definition) is 1. The number of hydrazine groups is 1. The molecule has 0 unspecified atom stereocenters. The highest BCUT2D eigenvalue weighted by atomic mass is 32.3. The van der Waals surface area contributed by atoms with Crippen molar-refractivity contribution in [1.82, 2.24) is 8.80 Å². The summed E-state index contributed by atoms with van der Waals surface area (Å²) in [6, 6.07) is 9.54. The molecule has 0 amide bonds. The normalized spacial score (nSPS) is 13.2. The van der Waals surface area contributed by atoms with E-state index in [9.17, 15) is 30.0 Å². The summed E-state index contributed by atoms with van der Waals surface area (Å²) in [4.78, 5) is 2.78. The Morgan fingerprint density at radius 3 is 2.07 bits per heavy atom. The summed E-state index contributed by atoms with van der Waals surface area (Å²) in [5.74, 6) is 5.42. The number of nitrogens with two attached hydrogens (primary N) is 1. The second-order valence-electron chi connectivity index (χ2n) is 5.59. The van der Waals surface area contributed by atoms with Gasteiger partial charge >= 0.3 is 6.18 Å². The zero-order valence-corrected chi connectivity index (χ0v) is 15.5. The topological polar surface area (TPSA) is 110 Å². The Labute approximate surface area is 158 Å². The van der Waals surface area contributed by atoms with Crippen LogP contribution in [-0.4, -0.2) is 25.6 Å². The van der Waals surface area contributed by atoms with Crippen LogP contribution < -0.4 is 5.84 Å². The van der Waals surface area contributed by atoms with E-state index in [4.69, 9.17) is 5.84 Å². The maximum atomic E-state index is 12.8. The Balaban J connectivity index is 2.07. The van der Waals surface area contributed by atoms with Crippen molar-refractivity contribution in [2.45, 2.75) is 16.0 Å². The number of sulfonamides is 2. The van der Waals surface area contributed by atoms with Gasteiger partial charge in [0.25, 0.3) is 20.0 Å². The summed E-state index contributed by atoms with van der Waals surface area (Å²) in [5.41, 5.74) is -1.08. The fourth-order valence-corrected chi connectivity index (χ4v) is 5.51. The third-order valence-corrected chi connectivity index (χ3v) is 7.71. The van der Waals surface area contributed by atoms with Gasteiger partial charge in [-0.25, -0.2) is 22.7 Å². The van der Waals surface area contributed by atoms with Crippen molar-refractivity contribution in [3.8, 4) is 0 Å². The molecule has 0 fully saturated rings. The Morgan fingerprint density at radius 2 is 1.46 bits per heavy atom. The predicted molar refractivity (Wildman–Crippen MR) is 93.6 cm³/mol. The second kappa shape index (κ2) is 6.81. The van der Waals surface area contributed by atoms with E-state index in [2.05, 4.69) is 4.98 Å². The van der Waals surface area contributed by atoms with Gasteiger partial charge < -0.3 is 0 Å². The largest absolute Gasteiger partial charge is 0.416 e. The minimum Gasteiger partial charge on any atom is -0.255 e. The third-order valence-electron chi connectivity index (χ3n) is 3.83. The third kappa shape index (κ3) is 3.46. The van der Waals surface area contributed by atoms with Crippen molar-refractivity contribution in [3.05, 3.63) is 66.4 Å². The van der Waals surface area contributed by atoms with Crippen LogP contribution in [0.1, 0.15) is 5.56 Å². The lowest BCUT2D eigenvalue weighted by Crippen LogP contribution is -2.42. The van der Waals surface area contributed by atoms with Crippen molar-refractivity contribution >= 4 is 30.9 Å². The number of rotatable bonds is 4. The molecule has 2 N–H and O–H groups in total. The van der Waals surface area contributed by atoms with E-state index in [0.29, 0.717) is 29.7 Å². The molecule has 0 aliphatic carbocycles. The average Bonchev–Trinajstić information content (AvgIpc) is 2.66. The van der Waals surface area contributed by atoms with Gasteiger partial charge in [0.2, 0.25) is 0 Å². The summed E-state index contributed by atoms with van der Waals surface area (Å²) in [6.45, 7) is 0. The van der Waals surface area contributed by atoms with Crippen molar-refractivity contribution in [3.63, 3.8) is 0 Å². The zero-order chi connectivity index (χ0) is 20.7. The van der Waals surface area contributed by atoms with Gasteiger partial charge in [-0.1, -0.05) is 18.2 Å². The fourth-order valence-electron chi connectivity index (χ4n) is 2.43. The highest BCUT2D eigenvalue weighted by Gasteiger charge is 2.36. The predicted octanol–water partition coefficient (Wildman–Crippen LogP) is 2.51. The molecule has 0 aliphatic rings. The van der Waals surface area contributed by atoms with Crippen LogP contribution in [0.3, 0.4) is 0 Å². The quantitative estimate of drug-likeness (QED) is 0.502. The number of fused-ring (bicyclic) bond motifs is 1. The lowest BCUT2D eigenvalue weighted by Gasteiger charge is -2.18. The highest BCUT2D eigenvalue weighted by molar-refractivity contribution is 8.04. The molecule has 0 aliphatic heterocycles. The van der Waals surface area contributed by atoms with Gasteiger partial charge in [0, 0.05) is 11.6 Å². The molecule has 0 saturated carbocycles. The monoisotopic (exact) mass is 431 g/mol. The summed E-state index contributed by atoms with van der Waals surface area (Å²) in [7, 11) is -9.62. The lowest BCUT2D eigenvalue weighted by molar-refractivity contribution is -0.137. The summed E-state index contributed by atoms with van der Waals surface area (Å²) in [5, 5.41) is 0.434. The molecule has 3 aromatic rings. The van der Waals surface area contributed by atoms with Gasteiger partial charge in [0.1, 0.15) is 4.90 Å². The van der Waals surface area contributed by atoms with Crippen LogP contribution in [-0.2, 0) is 26.2 Å². The van der Waals surface area contributed by atoms with Gasteiger partial charge in [-0.2, -0.15) is 13.2 Å². The number of hydrogen-bond acceptors (Lipinski definition) is 6. The first-order valence-corrected chi connectivity index (χ1v) is 10.4. The maximum absolute atomic E-state index is 12.8. The first-order valence-electron chi connectivity index (χ1n) is 7.52. The van der Waals surface area contributed by atoms with Gasteiger partial charge in [-0.15, -0.1) is 0 Å². The van der Waals surface area contributed by atoms with Gasteiger partial charge in [-0.05, 0) is 40.2 Å². The number of benzene rings is 2. The van der Waals surface area contributed by atoms with Crippen LogP contribution in [0.25, 0.3) is 10.9 Å². The SMILES string of the molecule is NN(S(=O)(=O)c1ccc(C(F)(F)F)cc1)S(=O)(=O)c1cccc2cccnc12. The molecule has 7 nitrogen and oxygen atoms in total. The van der Waals surface area contributed by atoms with Crippen LogP contribution >= 0.6 is 0 Å². The van der Waals surface area contributed by atoms with E-state index in [0.717, 1.165) is 6.07 Å². The number of pyridine rings is 1. The molecule has 28 heavy (non-hydrogen) atoms. The molecule has 1 aromatic heterocycles. The zero-order valence-electron chi connectivity index (χ0n) is 13.8. The number of para-hydroxylation sites is 1. The van der Waals surface area contributed by atoms with Crippen LogP contribution in [0.5, 0.6) is 0 Å². The summed E-state index contributed by atoms with van der Waals surface area (Å²) < 4.78 is 88.3. The number of alkyl halides is 3. The number of halogens is 3. The molecule has 2 aromatic carbocycles. The Bertz CT molecular complexity index is 1240. The first kappa shape index (κ1) is 20.2. The van der Waals surface area contributed by atoms with E-state index in [1.165, 1.54) is 12.3 Å². The van der Waals surface area contributed by atoms with Gasteiger partial charge in [0.15, 0.2) is 0 Å².